The van der Waals surface area contributed by atoms with Crippen LogP contribution in [0.15, 0.2) is 46.9 Å². The first-order chi connectivity index (χ1) is 14.4. The predicted octanol–water partition coefficient (Wildman–Crippen LogP) is 6.19. The van der Waals surface area contributed by atoms with Crippen molar-refractivity contribution in [1.82, 2.24) is 4.90 Å². The van der Waals surface area contributed by atoms with Crippen molar-refractivity contribution in [1.29, 1.82) is 0 Å². The second kappa shape index (κ2) is 7.18. The molecule has 3 aliphatic heterocycles. The Hall–Kier alpha value is -2.22. The fourth-order valence-electron chi connectivity index (χ4n) is 4.94. The molecule has 0 aromatic heterocycles. The molecule has 0 unspecified atom stereocenters. The summed E-state index contributed by atoms with van der Waals surface area (Å²) in [5.41, 5.74) is -0.202. The van der Waals surface area contributed by atoms with Crippen molar-refractivity contribution in [2.45, 2.75) is 43.3 Å². The van der Waals surface area contributed by atoms with Gasteiger partial charge < -0.3 is 9.64 Å². The Kier molecular flexibility index (Phi) is 4.72. The van der Waals surface area contributed by atoms with Crippen LogP contribution in [-0.4, -0.2) is 29.1 Å². The van der Waals surface area contributed by atoms with Crippen LogP contribution < -0.4 is 4.74 Å². The summed E-state index contributed by atoms with van der Waals surface area (Å²) < 4.78 is 62.4. The molecule has 3 nitrogen and oxygen atoms in total. The van der Waals surface area contributed by atoms with Gasteiger partial charge in [-0.25, -0.2) is 8.79 Å². The number of rotatable bonds is 3. The van der Waals surface area contributed by atoms with Crippen molar-refractivity contribution < 1.29 is 22.3 Å². The van der Waals surface area contributed by atoms with E-state index in [1.54, 1.807) is 24.1 Å². The average Bonchev–Trinajstić information content (AvgIpc) is 2.74. The lowest BCUT2D eigenvalue weighted by molar-refractivity contribution is -0.140. The predicted molar refractivity (Wildman–Crippen MR) is 108 cm³/mol. The van der Waals surface area contributed by atoms with E-state index >= 15 is 0 Å². The lowest BCUT2D eigenvalue weighted by Gasteiger charge is -2.55. The van der Waals surface area contributed by atoms with Crippen molar-refractivity contribution in [3.05, 3.63) is 59.4 Å². The number of nitrogens with zero attached hydrogens (tertiary/aromatic N) is 2. The Bertz CT molecular complexity index is 982. The first-order valence-electron chi connectivity index (χ1n) is 9.99. The molecule has 158 valence electrons. The minimum absolute atomic E-state index is 0.0313. The van der Waals surface area contributed by atoms with Crippen LogP contribution in [0.1, 0.15) is 36.8 Å². The molecule has 30 heavy (non-hydrogen) atoms. The largest absolute Gasteiger partial charge is 0.457 e. The summed E-state index contributed by atoms with van der Waals surface area (Å²) in [5, 5.41) is 0. The quantitative estimate of drug-likeness (QED) is 0.424. The van der Waals surface area contributed by atoms with Crippen LogP contribution in [0.25, 0.3) is 0 Å². The van der Waals surface area contributed by atoms with Crippen LogP contribution >= 0.6 is 11.9 Å². The van der Waals surface area contributed by atoms with Gasteiger partial charge in [0.15, 0.2) is 0 Å². The molecule has 0 N–H and O–H groups in total. The first-order valence-corrected chi connectivity index (χ1v) is 10.9. The zero-order chi connectivity index (χ0) is 20.9. The van der Waals surface area contributed by atoms with Crippen LogP contribution in [0.5, 0.6) is 11.5 Å². The molecular formula is C22H20F4N2OS. The highest BCUT2D eigenvalue weighted by molar-refractivity contribution is 7.98. The number of amidine groups is 1. The van der Waals surface area contributed by atoms with E-state index in [4.69, 9.17) is 9.13 Å². The van der Waals surface area contributed by atoms with E-state index in [-0.39, 0.29) is 11.2 Å². The summed E-state index contributed by atoms with van der Waals surface area (Å²) in [7, 11) is 0. The van der Waals surface area contributed by atoms with Gasteiger partial charge in [0.1, 0.15) is 23.2 Å². The number of hydrogen-bond donors (Lipinski definition) is 0. The second-order valence-corrected chi connectivity index (χ2v) is 8.87. The molecule has 3 heterocycles. The van der Waals surface area contributed by atoms with Gasteiger partial charge in [-0.05, 0) is 67.5 Å². The van der Waals surface area contributed by atoms with Gasteiger partial charge in [0.25, 0.3) is 0 Å². The maximum absolute atomic E-state index is 13.8. The van der Waals surface area contributed by atoms with Crippen LogP contribution in [0.3, 0.4) is 0 Å². The summed E-state index contributed by atoms with van der Waals surface area (Å²) >= 11 is 1.63. The Morgan fingerprint density at radius 1 is 1.03 bits per heavy atom. The maximum Gasteiger partial charge on any atom is 0.419 e. The van der Waals surface area contributed by atoms with Gasteiger partial charge in [0, 0.05) is 24.4 Å². The van der Waals surface area contributed by atoms with Crippen LogP contribution in [0.2, 0.25) is 0 Å². The number of hydrogen-bond acceptors (Lipinski definition) is 4. The van der Waals surface area contributed by atoms with Crippen molar-refractivity contribution in [2.24, 2.45) is 4.40 Å². The molecule has 0 amide bonds. The van der Waals surface area contributed by atoms with Crippen LogP contribution in [-0.2, 0) is 11.6 Å². The molecule has 0 radical (unpaired) electrons. The highest BCUT2D eigenvalue weighted by Crippen LogP contribution is 2.50. The van der Waals surface area contributed by atoms with E-state index in [1.807, 2.05) is 12.1 Å². The maximum atomic E-state index is 13.8. The zero-order valence-electron chi connectivity index (χ0n) is 16.1. The molecule has 4 aliphatic rings. The van der Waals surface area contributed by atoms with E-state index in [0.29, 0.717) is 17.9 Å². The molecule has 1 saturated carbocycles. The molecule has 3 fully saturated rings. The van der Waals surface area contributed by atoms with E-state index in [9.17, 15) is 17.6 Å². The highest BCUT2D eigenvalue weighted by atomic mass is 32.2. The summed E-state index contributed by atoms with van der Waals surface area (Å²) in [4.78, 5) is 2.47. The Labute approximate surface area is 176 Å². The smallest absolute Gasteiger partial charge is 0.419 e. The third-order valence-electron chi connectivity index (χ3n) is 6.41. The Balaban J connectivity index is 1.39. The molecule has 2 aromatic carbocycles. The molecule has 6 rings (SSSR count). The molecule has 2 bridgehead atoms. The van der Waals surface area contributed by atoms with Gasteiger partial charge in [-0.1, -0.05) is 12.1 Å². The summed E-state index contributed by atoms with van der Waals surface area (Å²) in [5.74, 6) is 1.34. The number of halogens is 4. The van der Waals surface area contributed by atoms with Crippen molar-refractivity contribution in [3.8, 4) is 11.5 Å². The van der Waals surface area contributed by atoms with Crippen molar-refractivity contribution in [3.63, 3.8) is 0 Å². The van der Waals surface area contributed by atoms with E-state index in [1.165, 1.54) is 11.4 Å². The number of piperidine rings is 2. The summed E-state index contributed by atoms with van der Waals surface area (Å²) in [6.07, 6.45) is -0.272. The third-order valence-corrected chi connectivity index (χ3v) is 7.08. The van der Waals surface area contributed by atoms with Gasteiger partial charge in [0.2, 0.25) is 0 Å². The fourth-order valence-corrected chi connectivity index (χ4v) is 5.71. The molecule has 0 spiro atoms. The third kappa shape index (κ3) is 3.25. The molecule has 8 heteroatoms. The average molecular weight is 436 g/mol. The minimum Gasteiger partial charge on any atom is -0.457 e. The molecule has 1 aliphatic carbocycles. The SMILES string of the molecule is Fc1cc(Oc2ccc(C34CCC(CC3)N3CCSN=C34)cc2)ccc1C(F)(F)F. The van der Waals surface area contributed by atoms with Crippen LogP contribution in [0.4, 0.5) is 17.6 Å². The van der Waals surface area contributed by atoms with Crippen molar-refractivity contribution in [2.75, 3.05) is 12.3 Å². The summed E-state index contributed by atoms with van der Waals surface area (Å²) in [6.45, 7) is 1.04. The van der Waals surface area contributed by atoms with E-state index in [2.05, 4.69) is 4.90 Å². The number of benzene rings is 2. The fraction of sp³-hybridized carbons (Fsp3) is 0.409. The van der Waals surface area contributed by atoms with Gasteiger partial charge in [-0.15, -0.1) is 0 Å². The van der Waals surface area contributed by atoms with Gasteiger partial charge in [-0.3, -0.25) is 0 Å². The minimum atomic E-state index is -4.73. The van der Waals surface area contributed by atoms with Crippen LogP contribution in [0, 0.1) is 5.82 Å². The monoisotopic (exact) mass is 436 g/mol. The normalized spacial score (nSPS) is 25.7. The molecule has 0 atom stereocenters. The second-order valence-electron chi connectivity index (χ2n) is 8.02. The van der Waals surface area contributed by atoms with Gasteiger partial charge in [-0.2, -0.15) is 13.2 Å². The first kappa shape index (κ1) is 19.7. The van der Waals surface area contributed by atoms with Gasteiger partial charge in [0.05, 0.1) is 11.0 Å². The lowest BCUT2D eigenvalue weighted by atomic mass is 9.63. The Morgan fingerprint density at radius 2 is 1.73 bits per heavy atom. The topological polar surface area (TPSA) is 24.8 Å². The number of alkyl halides is 3. The molecule has 2 saturated heterocycles. The molecular weight excluding hydrogens is 416 g/mol. The van der Waals surface area contributed by atoms with E-state index in [0.717, 1.165) is 50.1 Å². The molecule has 2 aromatic rings. The Morgan fingerprint density at radius 3 is 2.40 bits per heavy atom. The number of fused-ring (bicyclic) bond motifs is 2. The summed E-state index contributed by atoms with van der Waals surface area (Å²) in [6, 6.07) is 10.8. The standard InChI is InChI=1S/C22H20F4N2OS/c23-19-13-17(5-6-18(19)22(24,25)26)29-16-3-1-14(2-4-16)21-9-7-15(8-10-21)28-11-12-30-27-20(21)28/h1-6,13,15H,7-12H2. The van der Waals surface area contributed by atoms with Gasteiger partial charge >= 0.3 is 6.18 Å². The highest BCUT2D eigenvalue weighted by Gasteiger charge is 2.51. The zero-order valence-corrected chi connectivity index (χ0v) is 16.9. The number of ether oxygens (including phenoxy) is 1. The van der Waals surface area contributed by atoms with Crippen molar-refractivity contribution >= 4 is 17.8 Å². The van der Waals surface area contributed by atoms with E-state index < -0.39 is 17.6 Å². The lowest BCUT2D eigenvalue weighted by Crippen LogP contribution is -2.61.